The quantitative estimate of drug-likeness (QED) is 0.849. The molecule has 0 unspecified atom stereocenters. The summed E-state index contributed by atoms with van der Waals surface area (Å²) in [4.78, 5) is 36.2. The average Bonchev–Trinajstić information content (AvgIpc) is 2.96. The lowest BCUT2D eigenvalue weighted by Crippen LogP contribution is -2.49. The van der Waals surface area contributed by atoms with Gasteiger partial charge in [0, 0.05) is 43.1 Å². The lowest BCUT2D eigenvalue weighted by molar-refractivity contribution is 0.0973. The highest BCUT2D eigenvalue weighted by atomic mass is 16.2. The first-order valence-electron chi connectivity index (χ1n) is 8.74. The van der Waals surface area contributed by atoms with Crippen molar-refractivity contribution < 1.29 is 9.59 Å². The Morgan fingerprint density at radius 2 is 1.96 bits per heavy atom. The average molecular weight is 351 g/mol. The van der Waals surface area contributed by atoms with Gasteiger partial charge in [-0.15, -0.1) is 0 Å². The number of carbonyl (C=O) groups excluding carboxylic acids is 2. The maximum absolute atomic E-state index is 13.0. The van der Waals surface area contributed by atoms with E-state index in [4.69, 9.17) is 5.73 Å². The number of carbonyl (C=O) groups is 2. The van der Waals surface area contributed by atoms with Crippen molar-refractivity contribution in [1.29, 1.82) is 0 Å². The van der Waals surface area contributed by atoms with Crippen LogP contribution in [0.3, 0.4) is 0 Å². The van der Waals surface area contributed by atoms with Gasteiger partial charge in [0.1, 0.15) is 5.69 Å². The standard InChI is InChI=1S/C19H21N5O2/c1-13-2-3-16-14(10-13)19(4-8-23(9-5-19)18(20)26)12-24(16)17(25)15-11-21-6-7-22-15/h2-3,6-7,10-11H,4-5,8-9,12H2,1H3,(H2,20,26). The summed E-state index contributed by atoms with van der Waals surface area (Å²) in [7, 11) is 0. The first kappa shape index (κ1) is 16.5. The van der Waals surface area contributed by atoms with Crippen LogP contribution in [0.2, 0.25) is 0 Å². The molecule has 26 heavy (non-hydrogen) atoms. The maximum atomic E-state index is 13.0. The van der Waals surface area contributed by atoms with E-state index in [2.05, 4.69) is 23.0 Å². The molecule has 1 fully saturated rings. The number of aryl methyl sites for hydroxylation is 1. The van der Waals surface area contributed by atoms with Crippen molar-refractivity contribution in [3.8, 4) is 0 Å². The van der Waals surface area contributed by atoms with E-state index in [9.17, 15) is 9.59 Å². The van der Waals surface area contributed by atoms with Gasteiger partial charge in [-0.25, -0.2) is 9.78 Å². The summed E-state index contributed by atoms with van der Waals surface area (Å²) in [5, 5.41) is 0. The lowest BCUT2D eigenvalue weighted by atomic mass is 9.74. The van der Waals surface area contributed by atoms with Crippen LogP contribution < -0.4 is 10.6 Å². The molecule has 3 heterocycles. The number of amides is 3. The molecule has 4 rings (SSSR count). The molecule has 1 saturated heterocycles. The third-order valence-electron chi connectivity index (χ3n) is 5.53. The first-order valence-corrected chi connectivity index (χ1v) is 8.74. The monoisotopic (exact) mass is 351 g/mol. The molecule has 7 nitrogen and oxygen atoms in total. The molecule has 2 aromatic rings. The number of fused-ring (bicyclic) bond motifs is 2. The minimum atomic E-state index is -0.380. The Balaban J connectivity index is 1.70. The Bertz CT molecular complexity index is 859. The Hall–Kier alpha value is -2.96. The number of aromatic nitrogens is 2. The first-order chi connectivity index (χ1) is 12.5. The molecule has 0 bridgehead atoms. The van der Waals surface area contributed by atoms with Crippen molar-refractivity contribution in [1.82, 2.24) is 14.9 Å². The molecule has 0 aliphatic carbocycles. The molecular weight excluding hydrogens is 330 g/mol. The van der Waals surface area contributed by atoms with Gasteiger partial charge in [-0.2, -0.15) is 0 Å². The maximum Gasteiger partial charge on any atom is 0.314 e. The number of benzene rings is 1. The third kappa shape index (κ3) is 2.60. The summed E-state index contributed by atoms with van der Waals surface area (Å²) >= 11 is 0. The van der Waals surface area contributed by atoms with Gasteiger partial charge in [0.25, 0.3) is 5.91 Å². The molecule has 7 heteroatoms. The zero-order chi connectivity index (χ0) is 18.3. The molecule has 0 radical (unpaired) electrons. The Labute approximate surface area is 151 Å². The summed E-state index contributed by atoms with van der Waals surface area (Å²) in [5.41, 5.74) is 8.89. The van der Waals surface area contributed by atoms with Crippen LogP contribution in [-0.4, -0.2) is 46.4 Å². The molecule has 2 aliphatic heterocycles. The van der Waals surface area contributed by atoms with Gasteiger partial charge in [-0.1, -0.05) is 17.7 Å². The second kappa shape index (κ2) is 6.09. The van der Waals surface area contributed by atoms with Gasteiger partial charge in [-0.3, -0.25) is 9.78 Å². The number of urea groups is 1. The van der Waals surface area contributed by atoms with E-state index in [1.165, 1.54) is 18.0 Å². The second-order valence-electron chi connectivity index (χ2n) is 7.11. The van der Waals surface area contributed by atoms with E-state index in [0.717, 1.165) is 24.1 Å². The number of hydrogen-bond acceptors (Lipinski definition) is 4. The van der Waals surface area contributed by atoms with Gasteiger partial charge in [0.15, 0.2) is 0 Å². The van der Waals surface area contributed by atoms with Crippen molar-refractivity contribution >= 4 is 17.6 Å². The molecule has 1 aromatic heterocycles. The molecule has 3 amide bonds. The third-order valence-corrected chi connectivity index (χ3v) is 5.53. The summed E-state index contributed by atoms with van der Waals surface area (Å²) in [6.07, 6.45) is 6.16. The number of likely N-dealkylation sites (tertiary alicyclic amines) is 1. The lowest BCUT2D eigenvalue weighted by Gasteiger charge is -2.39. The zero-order valence-electron chi connectivity index (χ0n) is 14.7. The summed E-state index contributed by atoms with van der Waals surface area (Å²) in [6, 6.07) is 5.82. The highest BCUT2D eigenvalue weighted by Gasteiger charge is 2.47. The van der Waals surface area contributed by atoms with Crippen LogP contribution in [-0.2, 0) is 5.41 Å². The van der Waals surface area contributed by atoms with E-state index >= 15 is 0 Å². The Kier molecular flexibility index (Phi) is 3.86. The smallest absolute Gasteiger partial charge is 0.314 e. The van der Waals surface area contributed by atoms with Crippen LogP contribution in [0.1, 0.15) is 34.5 Å². The molecule has 0 saturated carbocycles. The van der Waals surface area contributed by atoms with E-state index in [-0.39, 0.29) is 17.4 Å². The Morgan fingerprint density at radius 1 is 1.19 bits per heavy atom. The van der Waals surface area contributed by atoms with E-state index in [1.807, 2.05) is 12.1 Å². The van der Waals surface area contributed by atoms with Crippen LogP contribution in [0.5, 0.6) is 0 Å². The van der Waals surface area contributed by atoms with Gasteiger partial charge >= 0.3 is 6.03 Å². The highest BCUT2D eigenvalue weighted by molar-refractivity contribution is 6.06. The number of hydrogen-bond donors (Lipinski definition) is 1. The van der Waals surface area contributed by atoms with Crippen molar-refractivity contribution in [2.75, 3.05) is 24.5 Å². The fourth-order valence-corrected chi connectivity index (χ4v) is 4.09. The fraction of sp³-hybridized carbons (Fsp3) is 0.368. The minimum Gasteiger partial charge on any atom is -0.351 e. The predicted octanol–water partition coefficient (Wildman–Crippen LogP) is 1.86. The van der Waals surface area contributed by atoms with Gasteiger partial charge in [0.05, 0.1) is 6.20 Å². The molecule has 2 N–H and O–H groups in total. The van der Waals surface area contributed by atoms with Crippen LogP contribution in [0.4, 0.5) is 10.5 Å². The molecule has 1 spiro atoms. The number of nitrogens with two attached hydrogens (primary N) is 1. The van der Waals surface area contributed by atoms with Crippen LogP contribution in [0, 0.1) is 6.92 Å². The van der Waals surface area contributed by atoms with Gasteiger partial charge in [-0.05, 0) is 31.4 Å². The number of rotatable bonds is 1. The Morgan fingerprint density at radius 3 is 2.62 bits per heavy atom. The summed E-state index contributed by atoms with van der Waals surface area (Å²) < 4.78 is 0. The van der Waals surface area contributed by atoms with Gasteiger partial charge in [0.2, 0.25) is 0 Å². The van der Waals surface area contributed by atoms with Crippen LogP contribution >= 0.6 is 0 Å². The van der Waals surface area contributed by atoms with Crippen LogP contribution in [0.25, 0.3) is 0 Å². The highest BCUT2D eigenvalue weighted by Crippen LogP contribution is 2.47. The topological polar surface area (TPSA) is 92.4 Å². The predicted molar refractivity (Wildman–Crippen MR) is 97.0 cm³/mol. The SMILES string of the molecule is Cc1ccc2c(c1)C1(CCN(C(N)=O)CC1)CN2C(=O)c1cnccn1. The number of primary amides is 1. The molecule has 134 valence electrons. The van der Waals surface area contributed by atoms with Crippen molar-refractivity contribution in [3.63, 3.8) is 0 Å². The summed E-state index contributed by atoms with van der Waals surface area (Å²) in [5.74, 6) is -0.141. The second-order valence-corrected chi connectivity index (χ2v) is 7.11. The van der Waals surface area contributed by atoms with Crippen molar-refractivity contribution in [2.24, 2.45) is 5.73 Å². The molecule has 2 aliphatic rings. The van der Waals surface area contributed by atoms with Gasteiger partial charge < -0.3 is 15.5 Å². The molecule has 0 atom stereocenters. The van der Waals surface area contributed by atoms with E-state index in [1.54, 1.807) is 16.0 Å². The summed E-state index contributed by atoms with van der Waals surface area (Å²) in [6.45, 7) is 3.86. The van der Waals surface area contributed by atoms with Crippen molar-refractivity contribution in [3.05, 3.63) is 53.6 Å². The molecule has 1 aromatic carbocycles. The number of anilines is 1. The molecular formula is C19H21N5O2. The van der Waals surface area contributed by atoms with Crippen molar-refractivity contribution in [2.45, 2.75) is 25.2 Å². The van der Waals surface area contributed by atoms with E-state index < -0.39 is 0 Å². The normalized spacial score (nSPS) is 18.0. The zero-order valence-corrected chi connectivity index (χ0v) is 14.7. The minimum absolute atomic E-state index is 0.141. The van der Waals surface area contributed by atoms with E-state index in [0.29, 0.717) is 25.3 Å². The number of piperidine rings is 1. The number of nitrogens with zero attached hydrogens (tertiary/aromatic N) is 4. The van der Waals surface area contributed by atoms with Crippen LogP contribution in [0.15, 0.2) is 36.8 Å². The fourth-order valence-electron chi connectivity index (χ4n) is 4.09. The largest absolute Gasteiger partial charge is 0.351 e.